The van der Waals surface area contributed by atoms with E-state index in [4.69, 9.17) is 0 Å². The van der Waals surface area contributed by atoms with Crippen LogP contribution in [0.1, 0.15) is 39.5 Å². The lowest BCUT2D eigenvalue weighted by atomic mass is 10.2. The predicted octanol–water partition coefficient (Wildman–Crippen LogP) is 1.27. The van der Waals surface area contributed by atoms with Crippen LogP contribution in [0.2, 0.25) is 0 Å². The number of amides is 1. The summed E-state index contributed by atoms with van der Waals surface area (Å²) in [6.07, 6.45) is 4.36. The highest BCUT2D eigenvalue weighted by Crippen LogP contribution is 1.98. The maximum atomic E-state index is 11.0. The summed E-state index contributed by atoms with van der Waals surface area (Å²) in [5, 5.41) is 2.58. The molecule has 1 amide bonds. The Morgan fingerprint density at radius 3 is 2.67 bits per heavy atom. The van der Waals surface area contributed by atoms with Gasteiger partial charge in [-0.1, -0.05) is 19.8 Å². The lowest BCUT2D eigenvalue weighted by molar-refractivity contribution is -0.123. The summed E-state index contributed by atoms with van der Waals surface area (Å²) in [7, 11) is 0. The zero-order valence-electron chi connectivity index (χ0n) is 7.80. The first kappa shape index (κ1) is 11.1. The van der Waals surface area contributed by atoms with Gasteiger partial charge in [0.1, 0.15) is 6.29 Å². The quantitative estimate of drug-likeness (QED) is 0.483. The fourth-order valence-corrected chi connectivity index (χ4v) is 0.896. The molecule has 0 saturated carbocycles. The number of aldehydes is 1. The molecule has 0 spiro atoms. The Bertz CT molecular complexity index is 145. The molecule has 3 heteroatoms. The van der Waals surface area contributed by atoms with Crippen LogP contribution in [-0.2, 0) is 9.59 Å². The summed E-state index contributed by atoms with van der Waals surface area (Å²) in [6, 6.07) is -0.348. The van der Waals surface area contributed by atoms with Crippen LogP contribution in [0.15, 0.2) is 0 Å². The van der Waals surface area contributed by atoms with Crippen LogP contribution < -0.4 is 5.32 Å². The minimum absolute atomic E-state index is 0.0250. The number of nitrogens with one attached hydrogen (secondary N) is 1. The monoisotopic (exact) mass is 171 g/mol. The van der Waals surface area contributed by atoms with E-state index in [1.54, 1.807) is 6.92 Å². The van der Waals surface area contributed by atoms with Crippen LogP contribution in [0, 0.1) is 0 Å². The van der Waals surface area contributed by atoms with Crippen molar-refractivity contribution in [3.8, 4) is 0 Å². The Morgan fingerprint density at radius 1 is 1.50 bits per heavy atom. The van der Waals surface area contributed by atoms with Gasteiger partial charge in [-0.05, 0) is 13.3 Å². The number of carbonyl (C=O) groups is 2. The molecule has 0 aliphatic heterocycles. The minimum Gasteiger partial charge on any atom is -0.347 e. The maximum absolute atomic E-state index is 11.0. The molecule has 0 radical (unpaired) electrons. The van der Waals surface area contributed by atoms with Crippen molar-refractivity contribution in [2.24, 2.45) is 0 Å². The van der Waals surface area contributed by atoms with Gasteiger partial charge in [0.05, 0.1) is 6.04 Å². The predicted molar refractivity (Wildman–Crippen MR) is 47.8 cm³/mol. The van der Waals surface area contributed by atoms with Gasteiger partial charge >= 0.3 is 0 Å². The van der Waals surface area contributed by atoms with Gasteiger partial charge in [-0.15, -0.1) is 0 Å². The van der Waals surface area contributed by atoms with E-state index in [1.165, 1.54) is 0 Å². The SMILES string of the molecule is CCCCCC(=O)NC(C)C=O. The Balaban J connectivity index is 3.39. The highest BCUT2D eigenvalue weighted by atomic mass is 16.2. The van der Waals surface area contributed by atoms with E-state index in [2.05, 4.69) is 12.2 Å². The molecule has 1 N–H and O–H groups in total. The first-order valence-electron chi connectivity index (χ1n) is 4.45. The summed E-state index contributed by atoms with van der Waals surface area (Å²) in [4.78, 5) is 21.2. The molecule has 0 aromatic rings. The Labute approximate surface area is 73.5 Å². The van der Waals surface area contributed by atoms with Crippen molar-refractivity contribution in [1.29, 1.82) is 0 Å². The Kier molecular flexibility index (Phi) is 6.34. The number of hydrogen-bond donors (Lipinski definition) is 1. The van der Waals surface area contributed by atoms with Gasteiger partial charge in [0.2, 0.25) is 5.91 Å². The number of hydrogen-bond acceptors (Lipinski definition) is 2. The van der Waals surface area contributed by atoms with Crippen LogP contribution in [0.4, 0.5) is 0 Å². The second-order valence-electron chi connectivity index (χ2n) is 2.95. The highest BCUT2D eigenvalue weighted by Gasteiger charge is 2.04. The molecule has 3 nitrogen and oxygen atoms in total. The minimum atomic E-state index is -0.348. The van der Waals surface area contributed by atoms with Gasteiger partial charge < -0.3 is 10.1 Å². The molecule has 70 valence electrons. The van der Waals surface area contributed by atoms with Gasteiger partial charge in [0, 0.05) is 6.42 Å². The average Bonchev–Trinajstić information content (AvgIpc) is 2.05. The van der Waals surface area contributed by atoms with Crippen LogP contribution in [0.3, 0.4) is 0 Å². The molecule has 12 heavy (non-hydrogen) atoms. The van der Waals surface area contributed by atoms with E-state index in [1.807, 2.05) is 0 Å². The topological polar surface area (TPSA) is 46.2 Å². The lowest BCUT2D eigenvalue weighted by Gasteiger charge is -2.06. The fraction of sp³-hybridized carbons (Fsp3) is 0.778. The van der Waals surface area contributed by atoms with Crippen LogP contribution in [0.5, 0.6) is 0 Å². The van der Waals surface area contributed by atoms with E-state index < -0.39 is 0 Å². The average molecular weight is 171 g/mol. The summed E-state index contributed by atoms with van der Waals surface area (Å²) in [5.74, 6) is -0.0250. The van der Waals surface area contributed by atoms with Crippen LogP contribution >= 0.6 is 0 Å². The van der Waals surface area contributed by atoms with Gasteiger partial charge in [-0.2, -0.15) is 0 Å². The normalized spacial score (nSPS) is 12.2. The first-order chi connectivity index (χ1) is 5.70. The highest BCUT2D eigenvalue weighted by molar-refractivity contribution is 5.79. The molecule has 1 atom stereocenters. The molecule has 0 aromatic carbocycles. The van der Waals surface area contributed by atoms with Gasteiger partial charge in [0.15, 0.2) is 0 Å². The molecule has 0 bridgehead atoms. The molecular weight excluding hydrogens is 154 g/mol. The van der Waals surface area contributed by atoms with E-state index in [-0.39, 0.29) is 11.9 Å². The van der Waals surface area contributed by atoms with Gasteiger partial charge in [-0.3, -0.25) is 4.79 Å². The van der Waals surface area contributed by atoms with Crippen molar-refractivity contribution in [1.82, 2.24) is 5.32 Å². The molecule has 0 fully saturated rings. The molecule has 0 heterocycles. The lowest BCUT2D eigenvalue weighted by Crippen LogP contribution is -2.33. The fourth-order valence-electron chi connectivity index (χ4n) is 0.896. The van der Waals surface area contributed by atoms with E-state index in [0.717, 1.165) is 25.5 Å². The molecular formula is C9H17NO2. The summed E-state index contributed by atoms with van der Waals surface area (Å²) < 4.78 is 0. The van der Waals surface area contributed by atoms with Crippen LogP contribution in [-0.4, -0.2) is 18.2 Å². The van der Waals surface area contributed by atoms with E-state index in [0.29, 0.717) is 6.42 Å². The third kappa shape index (κ3) is 5.89. The van der Waals surface area contributed by atoms with Crippen molar-refractivity contribution < 1.29 is 9.59 Å². The second-order valence-corrected chi connectivity index (χ2v) is 2.95. The number of unbranched alkanes of at least 4 members (excludes halogenated alkanes) is 2. The molecule has 1 unspecified atom stereocenters. The zero-order valence-corrected chi connectivity index (χ0v) is 7.80. The molecule has 0 saturated heterocycles. The van der Waals surface area contributed by atoms with Crippen molar-refractivity contribution in [3.05, 3.63) is 0 Å². The molecule has 0 aliphatic carbocycles. The zero-order chi connectivity index (χ0) is 9.40. The van der Waals surface area contributed by atoms with Gasteiger partial charge in [-0.25, -0.2) is 0 Å². The molecule has 0 aromatic heterocycles. The maximum Gasteiger partial charge on any atom is 0.220 e. The van der Waals surface area contributed by atoms with Crippen LogP contribution in [0.25, 0.3) is 0 Å². The molecule has 0 aliphatic rings. The van der Waals surface area contributed by atoms with Crippen molar-refractivity contribution in [2.75, 3.05) is 0 Å². The van der Waals surface area contributed by atoms with Gasteiger partial charge in [0.25, 0.3) is 0 Å². The number of rotatable bonds is 6. The summed E-state index contributed by atoms with van der Waals surface area (Å²) >= 11 is 0. The smallest absolute Gasteiger partial charge is 0.220 e. The first-order valence-corrected chi connectivity index (χ1v) is 4.45. The summed E-state index contributed by atoms with van der Waals surface area (Å²) in [5.41, 5.74) is 0. The standard InChI is InChI=1S/C9H17NO2/c1-3-4-5-6-9(12)10-8(2)7-11/h7-8H,3-6H2,1-2H3,(H,10,12). The van der Waals surface area contributed by atoms with E-state index in [9.17, 15) is 9.59 Å². The van der Waals surface area contributed by atoms with Crippen molar-refractivity contribution in [3.63, 3.8) is 0 Å². The Morgan fingerprint density at radius 2 is 2.17 bits per heavy atom. The number of carbonyl (C=O) groups excluding carboxylic acids is 2. The Hall–Kier alpha value is -0.860. The van der Waals surface area contributed by atoms with E-state index >= 15 is 0 Å². The summed E-state index contributed by atoms with van der Waals surface area (Å²) in [6.45, 7) is 3.76. The molecule has 0 rings (SSSR count). The van der Waals surface area contributed by atoms with Crippen molar-refractivity contribution in [2.45, 2.75) is 45.6 Å². The third-order valence-electron chi connectivity index (χ3n) is 1.60. The second kappa shape index (κ2) is 6.83. The van der Waals surface area contributed by atoms with Crippen molar-refractivity contribution >= 4 is 12.2 Å². The largest absolute Gasteiger partial charge is 0.347 e. The third-order valence-corrected chi connectivity index (χ3v) is 1.60.